The van der Waals surface area contributed by atoms with Crippen LogP contribution in [0.4, 0.5) is 0 Å². The van der Waals surface area contributed by atoms with Gasteiger partial charge in [-0.1, -0.05) is 41.5 Å². The molecule has 4 rings (SSSR count). The highest BCUT2D eigenvalue weighted by molar-refractivity contribution is 6.75. The van der Waals surface area contributed by atoms with Crippen molar-refractivity contribution in [2.24, 2.45) is 0 Å². The van der Waals surface area contributed by atoms with E-state index in [1.54, 1.807) is 12.1 Å². The van der Waals surface area contributed by atoms with E-state index in [1.165, 1.54) is 0 Å². The maximum absolute atomic E-state index is 13.4. The predicted molar refractivity (Wildman–Crippen MR) is 158 cm³/mol. The lowest BCUT2D eigenvalue weighted by molar-refractivity contribution is -0.120. The monoisotopic (exact) mass is 552 g/mol. The Kier molecular flexibility index (Phi) is 6.98. The van der Waals surface area contributed by atoms with Crippen LogP contribution in [0.1, 0.15) is 47.1 Å². The minimum absolute atomic E-state index is 0.0217. The third-order valence-corrected chi connectivity index (χ3v) is 17.0. The third kappa shape index (κ3) is 5.34. The fraction of sp³-hybridized carbons (Fsp3) is 0.467. The van der Waals surface area contributed by atoms with Gasteiger partial charge in [0.25, 0.3) is 0 Å². The number of carbonyl (C=O) groups is 1. The zero-order valence-corrected chi connectivity index (χ0v) is 26.3. The molecule has 3 aromatic rings. The summed E-state index contributed by atoms with van der Waals surface area (Å²) in [6, 6.07) is 11.1. The highest BCUT2D eigenvalue weighted by Crippen LogP contribution is 2.42. The Hall–Kier alpha value is -2.85. The standard InChI is InChI=1S/C30H40O6Si2/c1-29(2,3)37(7,8)35-20-12-14-23-25(16-20)33-18-19(31)15-24-22-13-11-21(36-38(9,10)30(4,5)6)17-26(22)34-28(32)27(23)24/h11-14,16-17H,15,18H2,1-10H3. The van der Waals surface area contributed by atoms with Crippen LogP contribution in [0.15, 0.2) is 45.6 Å². The number of ether oxygens (including phenoxy) is 1. The van der Waals surface area contributed by atoms with Gasteiger partial charge in [0.2, 0.25) is 16.6 Å². The molecule has 1 aliphatic rings. The van der Waals surface area contributed by atoms with Gasteiger partial charge in [-0.15, -0.1) is 0 Å². The molecule has 2 heterocycles. The molecule has 0 unspecified atom stereocenters. The van der Waals surface area contributed by atoms with Crippen LogP contribution in [-0.2, 0) is 11.2 Å². The topological polar surface area (TPSA) is 75.0 Å². The van der Waals surface area contributed by atoms with E-state index in [0.29, 0.717) is 39.5 Å². The average Bonchev–Trinajstić information content (AvgIpc) is 2.75. The highest BCUT2D eigenvalue weighted by atomic mass is 28.4. The molecule has 0 saturated carbocycles. The summed E-state index contributed by atoms with van der Waals surface area (Å²) in [5.41, 5.74) is 1.53. The molecule has 0 saturated heterocycles. The Morgan fingerprint density at radius 1 is 0.789 bits per heavy atom. The van der Waals surface area contributed by atoms with Crippen molar-refractivity contribution >= 4 is 33.4 Å². The maximum Gasteiger partial charge on any atom is 0.344 e. The molecule has 1 aliphatic heterocycles. The van der Waals surface area contributed by atoms with Gasteiger partial charge >= 0.3 is 5.63 Å². The number of carbonyl (C=O) groups excluding carboxylic acids is 1. The van der Waals surface area contributed by atoms with Crippen molar-refractivity contribution in [1.29, 1.82) is 0 Å². The van der Waals surface area contributed by atoms with Gasteiger partial charge in [-0.3, -0.25) is 4.79 Å². The summed E-state index contributed by atoms with van der Waals surface area (Å²) in [5, 5.41) is 0.774. The second-order valence-electron chi connectivity index (χ2n) is 13.3. The number of benzene rings is 2. The van der Waals surface area contributed by atoms with E-state index in [4.69, 9.17) is 18.0 Å². The molecule has 0 amide bonds. The van der Waals surface area contributed by atoms with Gasteiger partial charge in [0.1, 0.15) is 29.4 Å². The van der Waals surface area contributed by atoms with Crippen molar-refractivity contribution in [3.8, 4) is 28.4 Å². The predicted octanol–water partition coefficient (Wildman–Crippen LogP) is 7.73. The largest absolute Gasteiger partial charge is 0.543 e. The van der Waals surface area contributed by atoms with E-state index in [-0.39, 0.29) is 28.9 Å². The molecule has 8 heteroatoms. The molecule has 204 valence electrons. The van der Waals surface area contributed by atoms with Crippen molar-refractivity contribution in [2.45, 2.75) is 84.2 Å². The normalized spacial score (nSPS) is 14.7. The van der Waals surface area contributed by atoms with Gasteiger partial charge in [-0.2, -0.15) is 0 Å². The number of fused-ring (bicyclic) bond motifs is 5. The second-order valence-corrected chi connectivity index (χ2v) is 22.7. The van der Waals surface area contributed by atoms with Crippen molar-refractivity contribution < 1.29 is 22.8 Å². The number of hydrogen-bond acceptors (Lipinski definition) is 6. The lowest BCUT2D eigenvalue weighted by Crippen LogP contribution is -2.43. The molecule has 2 aromatic carbocycles. The van der Waals surface area contributed by atoms with E-state index >= 15 is 0 Å². The van der Waals surface area contributed by atoms with Crippen molar-refractivity contribution in [3.05, 3.63) is 52.4 Å². The quantitative estimate of drug-likeness (QED) is 0.243. The van der Waals surface area contributed by atoms with Crippen LogP contribution in [0.25, 0.3) is 22.1 Å². The van der Waals surface area contributed by atoms with Gasteiger partial charge < -0.3 is 18.0 Å². The maximum atomic E-state index is 13.4. The number of ketones is 1. The van der Waals surface area contributed by atoms with Gasteiger partial charge in [-0.25, -0.2) is 4.79 Å². The summed E-state index contributed by atoms with van der Waals surface area (Å²) in [6.45, 7) is 21.7. The van der Waals surface area contributed by atoms with Crippen molar-refractivity contribution in [3.63, 3.8) is 0 Å². The summed E-state index contributed by atoms with van der Waals surface area (Å²) >= 11 is 0. The summed E-state index contributed by atoms with van der Waals surface area (Å²) in [5.74, 6) is 1.67. The minimum Gasteiger partial charge on any atom is -0.543 e. The zero-order valence-electron chi connectivity index (χ0n) is 24.3. The molecule has 0 atom stereocenters. The average molecular weight is 553 g/mol. The van der Waals surface area contributed by atoms with E-state index in [2.05, 4.69) is 67.7 Å². The second kappa shape index (κ2) is 9.41. The first-order valence-corrected chi connectivity index (χ1v) is 19.0. The first-order chi connectivity index (χ1) is 17.4. The zero-order chi connectivity index (χ0) is 28.3. The van der Waals surface area contributed by atoms with Crippen LogP contribution < -0.4 is 19.2 Å². The van der Waals surface area contributed by atoms with Crippen molar-refractivity contribution in [1.82, 2.24) is 0 Å². The summed E-state index contributed by atoms with van der Waals surface area (Å²) in [7, 11) is -4.17. The lowest BCUT2D eigenvalue weighted by atomic mass is 9.93. The first kappa shape index (κ1) is 28.2. The van der Waals surface area contributed by atoms with Crippen molar-refractivity contribution in [2.75, 3.05) is 6.61 Å². The molecule has 0 bridgehead atoms. The van der Waals surface area contributed by atoms with Gasteiger partial charge in [0, 0.05) is 29.5 Å². The fourth-order valence-electron chi connectivity index (χ4n) is 3.96. The Morgan fingerprint density at radius 3 is 1.92 bits per heavy atom. The number of Topliss-reactive ketones (excluding diaryl/α,β-unsaturated/α-hetero) is 1. The lowest BCUT2D eigenvalue weighted by Gasteiger charge is -2.36. The van der Waals surface area contributed by atoms with Gasteiger partial charge in [0.05, 0.1) is 5.56 Å². The highest BCUT2D eigenvalue weighted by Gasteiger charge is 2.40. The van der Waals surface area contributed by atoms with Crippen LogP contribution in [0.2, 0.25) is 36.3 Å². The van der Waals surface area contributed by atoms with E-state index in [1.807, 2.05) is 24.3 Å². The molecular weight excluding hydrogens is 512 g/mol. The molecular formula is C30H40O6Si2. The Bertz CT molecular complexity index is 1450. The summed E-state index contributed by atoms with van der Waals surface area (Å²) < 4.78 is 24.6. The molecule has 0 aliphatic carbocycles. The minimum atomic E-state index is -2.09. The van der Waals surface area contributed by atoms with Crippen LogP contribution in [-0.4, -0.2) is 29.0 Å². The van der Waals surface area contributed by atoms with Gasteiger partial charge in [-0.05, 0) is 66.1 Å². The number of hydrogen-bond donors (Lipinski definition) is 0. The van der Waals surface area contributed by atoms with Crippen LogP contribution in [0.5, 0.6) is 17.2 Å². The molecule has 38 heavy (non-hydrogen) atoms. The SMILES string of the molecule is CC(C)(C)[Si](C)(C)Oc1ccc2c(c1)OCC(=O)Cc1c-2c(=O)oc2cc(O[Si](C)(C)C(C)(C)C)ccc12. The van der Waals surface area contributed by atoms with Crippen LogP contribution >= 0.6 is 0 Å². The smallest absolute Gasteiger partial charge is 0.344 e. The summed E-state index contributed by atoms with van der Waals surface area (Å²) in [6.07, 6.45) is 0.0849. The summed E-state index contributed by atoms with van der Waals surface area (Å²) in [4.78, 5) is 26.3. The molecule has 0 fully saturated rings. The molecule has 0 N–H and O–H groups in total. The first-order valence-electron chi connectivity index (χ1n) is 13.2. The van der Waals surface area contributed by atoms with E-state index < -0.39 is 22.3 Å². The van der Waals surface area contributed by atoms with E-state index in [0.717, 1.165) is 5.39 Å². The molecule has 6 nitrogen and oxygen atoms in total. The Labute approximate surface area is 227 Å². The number of rotatable bonds is 4. The Morgan fingerprint density at radius 2 is 1.34 bits per heavy atom. The fourth-order valence-corrected chi connectivity index (χ4v) is 6.00. The molecule has 0 spiro atoms. The van der Waals surface area contributed by atoms with Gasteiger partial charge in [0.15, 0.2) is 5.78 Å². The molecule has 1 aromatic heterocycles. The molecule has 0 radical (unpaired) electrons. The Balaban J connectivity index is 1.83. The van der Waals surface area contributed by atoms with Crippen LogP contribution in [0.3, 0.4) is 0 Å². The third-order valence-electron chi connectivity index (χ3n) is 8.33. The van der Waals surface area contributed by atoms with E-state index in [9.17, 15) is 9.59 Å². The van der Waals surface area contributed by atoms with Crippen LogP contribution in [0, 0.1) is 0 Å².